The number of nitrogens with two attached hydrogens (primary N) is 3. The predicted molar refractivity (Wildman–Crippen MR) is 156 cm³/mol. The lowest BCUT2D eigenvalue weighted by molar-refractivity contribution is -0.143. The Hall–Kier alpha value is -3.52. The van der Waals surface area contributed by atoms with Crippen LogP contribution in [-0.4, -0.2) is 82.6 Å². The molecule has 0 aliphatic carbocycles. The van der Waals surface area contributed by atoms with Gasteiger partial charge in [0.05, 0.1) is 6.04 Å². The number of thioether (sulfide) groups is 1. The molecule has 0 saturated carbocycles. The molecule has 0 aromatic heterocycles. The smallest absolute Gasteiger partial charge is 0.326 e. The maximum absolute atomic E-state index is 13.4. The van der Waals surface area contributed by atoms with E-state index < -0.39 is 47.9 Å². The molecule has 1 rings (SSSR count). The third-order valence-electron chi connectivity index (χ3n) is 6.33. The fraction of sp³-hybridized carbons (Fsp3) is 0.577. The molecule has 0 aliphatic heterocycles. The molecule has 11 N–H and O–H groups in total. The summed E-state index contributed by atoms with van der Waals surface area (Å²) in [6, 6.07) is 1.90. The molecule has 14 heteroatoms. The van der Waals surface area contributed by atoms with Crippen LogP contribution >= 0.6 is 11.8 Å². The van der Waals surface area contributed by atoms with Crippen molar-refractivity contribution < 1.29 is 29.4 Å². The summed E-state index contributed by atoms with van der Waals surface area (Å²) in [6.45, 7) is 3.83. The molecule has 0 heterocycles. The minimum atomic E-state index is -1.18. The highest BCUT2D eigenvalue weighted by Crippen LogP contribution is 2.13. The fourth-order valence-corrected chi connectivity index (χ4v) is 4.19. The first-order chi connectivity index (χ1) is 18.9. The maximum Gasteiger partial charge on any atom is 0.326 e. The van der Waals surface area contributed by atoms with Gasteiger partial charge in [-0.3, -0.25) is 19.4 Å². The zero-order valence-corrected chi connectivity index (χ0v) is 24.1. The zero-order valence-electron chi connectivity index (χ0n) is 23.3. The number of hydrogen-bond acceptors (Lipinski definition) is 8. The molecule has 224 valence electrons. The number of hydrogen-bond donors (Lipinski definition) is 8. The Morgan fingerprint density at radius 3 is 2.12 bits per heavy atom. The number of amides is 3. The van der Waals surface area contributed by atoms with Crippen molar-refractivity contribution >= 4 is 41.4 Å². The van der Waals surface area contributed by atoms with Crippen molar-refractivity contribution in [2.75, 3.05) is 18.6 Å². The Labute approximate surface area is 239 Å². The summed E-state index contributed by atoms with van der Waals surface area (Å²) >= 11 is 1.48. The number of carbonyl (C=O) groups is 4. The summed E-state index contributed by atoms with van der Waals surface area (Å²) in [6.07, 6.45) is 3.42. The first-order valence-electron chi connectivity index (χ1n) is 13.1. The number of nitrogens with zero attached hydrogens (tertiary/aromatic N) is 1. The SMILES string of the molecule is CCC(C)C(NC(=O)C(Cc1ccc(O)cc1)NC(=O)C(CCSC)NC(=O)C(N)CCCN=C(N)N)C(=O)O. The summed E-state index contributed by atoms with van der Waals surface area (Å²) in [4.78, 5) is 55.0. The molecule has 13 nitrogen and oxygen atoms in total. The molecule has 0 aliphatic rings. The van der Waals surface area contributed by atoms with Crippen molar-refractivity contribution in [1.29, 1.82) is 0 Å². The van der Waals surface area contributed by atoms with E-state index in [0.29, 0.717) is 30.7 Å². The van der Waals surface area contributed by atoms with E-state index in [2.05, 4.69) is 20.9 Å². The van der Waals surface area contributed by atoms with Gasteiger partial charge in [-0.1, -0.05) is 32.4 Å². The average Bonchev–Trinajstić information content (AvgIpc) is 2.91. The van der Waals surface area contributed by atoms with Crippen molar-refractivity contribution in [3.8, 4) is 5.75 Å². The van der Waals surface area contributed by atoms with E-state index in [4.69, 9.17) is 17.2 Å². The van der Waals surface area contributed by atoms with Crippen LogP contribution in [0.1, 0.15) is 45.1 Å². The monoisotopic (exact) mass is 581 g/mol. The lowest BCUT2D eigenvalue weighted by Gasteiger charge is -2.26. The Morgan fingerprint density at radius 2 is 1.57 bits per heavy atom. The third kappa shape index (κ3) is 12.6. The topological polar surface area (TPSA) is 235 Å². The number of phenols is 1. The van der Waals surface area contributed by atoms with E-state index in [9.17, 15) is 29.4 Å². The molecule has 3 amide bonds. The maximum atomic E-state index is 13.4. The molecule has 5 unspecified atom stereocenters. The summed E-state index contributed by atoms with van der Waals surface area (Å²) in [7, 11) is 0. The Morgan fingerprint density at radius 1 is 0.975 bits per heavy atom. The lowest BCUT2D eigenvalue weighted by atomic mass is 9.98. The molecule has 0 bridgehead atoms. The number of aliphatic imine (C=N–C) groups is 1. The summed E-state index contributed by atoms with van der Waals surface area (Å²) < 4.78 is 0. The number of nitrogens with one attached hydrogen (secondary N) is 3. The van der Waals surface area contributed by atoms with Crippen LogP contribution in [-0.2, 0) is 25.6 Å². The van der Waals surface area contributed by atoms with Gasteiger partial charge in [-0.15, -0.1) is 0 Å². The Bertz CT molecular complexity index is 1000. The van der Waals surface area contributed by atoms with E-state index in [1.807, 2.05) is 13.2 Å². The van der Waals surface area contributed by atoms with Gasteiger partial charge in [-0.25, -0.2) is 4.79 Å². The van der Waals surface area contributed by atoms with Gasteiger partial charge < -0.3 is 43.4 Å². The normalized spacial score (nSPS) is 14.6. The molecule has 0 saturated heterocycles. The van der Waals surface area contributed by atoms with Crippen molar-refractivity contribution in [1.82, 2.24) is 16.0 Å². The largest absolute Gasteiger partial charge is 0.508 e. The number of rotatable bonds is 18. The summed E-state index contributed by atoms with van der Waals surface area (Å²) in [5.41, 5.74) is 17.2. The molecule has 1 aromatic carbocycles. The number of carbonyl (C=O) groups excluding carboxylic acids is 3. The van der Waals surface area contributed by atoms with Crippen LogP contribution in [0.25, 0.3) is 0 Å². The number of benzene rings is 1. The van der Waals surface area contributed by atoms with E-state index in [0.717, 1.165) is 0 Å². The second kappa shape index (κ2) is 17.9. The van der Waals surface area contributed by atoms with Crippen molar-refractivity contribution in [2.45, 2.75) is 70.1 Å². The number of guanidine groups is 1. The summed E-state index contributed by atoms with van der Waals surface area (Å²) in [5.74, 6) is -2.84. The van der Waals surface area contributed by atoms with E-state index in [1.54, 1.807) is 19.1 Å². The number of carboxylic acids is 1. The average molecular weight is 582 g/mol. The number of phenolic OH excluding ortho intramolecular Hbond substituents is 1. The molecule has 0 radical (unpaired) electrons. The lowest BCUT2D eigenvalue weighted by Crippen LogP contribution is -2.58. The van der Waals surface area contributed by atoms with Crippen LogP contribution in [0.4, 0.5) is 0 Å². The van der Waals surface area contributed by atoms with E-state index in [-0.39, 0.29) is 36.9 Å². The first-order valence-corrected chi connectivity index (χ1v) is 14.5. The minimum Gasteiger partial charge on any atom is -0.508 e. The van der Waals surface area contributed by atoms with Crippen LogP contribution in [0.3, 0.4) is 0 Å². The molecule has 5 atom stereocenters. The molecular weight excluding hydrogens is 538 g/mol. The zero-order chi connectivity index (χ0) is 30.2. The standard InChI is InChI=1S/C26H43N7O6S/c1-4-15(2)21(25(38)39)33-24(37)20(14-16-7-9-17(34)10-8-16)32-23(36)19(11-13-40-3)31-22(35)18(27)6-5-12-30-26(28)29/h7-10,15,18-21,34H,4-6,11-14,27H2,1-3H3,(H,31,35)(H,32,36)(H,33,37)(H,38,39)(H4,28,29,30). The molecule has 1 aromatic rings. The number of aliphatic carboxylic acids is 1. The summed E-state index contributed by atoms with van der Waals surface area (Å²) in [5, 5.41) is 27.1. The Kier molecular flexibility index (Phi) is 15.5. The minimum absolute atomic E-state index is 0.0260. The van der Waals surface area contributed by atoms with Crippen LogP contribution in [0.5, 0.6) is 5.75 Å². The fourth-order valence-electron chi connectivity index (χ4n) is 3.72. The molecular formula is C26H43N7O6S. The Balaban J connectivity index is 3.08. The van der Waals surface area contributed by atoms with Crippen LogP contribution < -0.4 is 33.2 Å². The van der Waals surface area contributed by atoms with Crippen LogP contribution in [0.15, 0.2) is 29.3 Å². The highest BCUT2D eigenvalue weighted by atomic mass is 32.2. The first kappa shape index (κ1) is 34.5. The van der Waals surface area contributed by atoms with Gasteiger partial charge in [-0.2, -0.15) is 11.8 Å². The van der Waals surface area contributed by atoms with Crippen LogP contribution in [0, 0.1) is 5.92 Å². The van der Waals surface area contributed by atoms with Gasteiger partial charge in [0.25, 0.3) is 0 Å². The van der Waals surface area contributed by atoms with Crippen molar-refractivity contribution in [3.63, 3.8) is 0 Å². The third-order valence-corrected chi connectivity index (χ3v) is 6.98. The molecule has 0 fully saturated rings. The van der Waals surface area contributed by atoms with Gasteiger partial charge in [0.15, 0.2) is 5.96 Å². The van der Waals surface area contributed by atoms with E-state index in [1.165, 1.54) is 23.9 Å². The number of carboxylic acid groups (broad SMARTS) is 1. The van der Waals surface area contributed by atoms with Gasteiger partial charge in [-0.05, 0) is 54.9 Å². The van der Waals surface area contributed by atoms with Gasteiger partial charge >= 0.3 is 5.97 Å². The van der Waals surface area contributed by atoms with Crippen LogP contribution in [0.2, 0.25) is 0 Å². The van der Waals surface area contributed by atoms with Gasteiger partial charge in [0.2, 0.25) is 17.7 Å². The van der Waals surface area contributed by atoms with Crippen molar-refractivity contribution in [3.05, 3.63) is 29.8 Å². The second-order valence-corrected chi connectivity index (χ2v) is 10.5. The highest BCUT2D eigenvalue weighted by Gasteiger charge is 2.32. The second-order valence-electron chi connectivity index (χ2n) is 9.54. The predicted octanol–water partition coefficient (Wildman–Crippen LogP) is -0.346. The van der Waals surface area contributed by atoms with E-state index >= 15 is 0 Å². The quantitative estimate of drug-likeness (QED) is 0.0637. The van der Waals surface area contributed by atoms with Gasteiger partial charge in [0.1, 0.15) is 23.9 Å². The molecule has 40 heavy (non-hydrogen) atoms. The highest BCUT2D eigenvalue weighted by molar-refractivity contribution is 7.98. The van der Waals surface area contributed by atoms with Crippen molar-refractivity contribution in [2.24, 2.45) is 28.1 Å². The number of aromatic hydroxyl groups is 1. The molecule has 0 spiro atoms. The van der Waals surface area contributed by atoms with Gasteiger partial charge in [0, 0.05) is 13.0 Å².